The van der Waals surface area contributed by atoms with Crippen LogP contribution in [0.4, 0.5) is 5.69 Å². The maximum absolute atomic E-state index is 10.5. The number of rotatable bonds is 8. The molecular formula is C28H27Cl2N3O2. The maximum atomic E-state index is 10.5. The van der Waals surface area contributed by atoms with Gasteiger partial charge in [-0.1, -0.05) is 59.6 Å². The van der Waals surface area contributed by atoms with Gasteiger partial charge in [0, 0.05) is 38.4 Å². The fourth-order valence-corrected chi connectivity index (χ4v) is 4.34. The number of para-hydroxylation sites is 1. The molecule has 0 amide bonds. The van der Waals surface area contributed by atoms with E-state index in [0.29, 0.717) is 33.5 Å². The highest BCUT2D eigenvalue weighted by Crippen LogP contribution is 2.27. The first-order valence-corrected chi connectivity index (χ1v) is 12.3. The van der Waals surface area contributed by atoms with Gasteiger partial charge in [-0.2, -0.15) is 5.26 Å². The number of β-amino-alcohol motifs (C(OH)–C–C–N with tert-alkyl or cyclic N) is 1. The Kier molecular flexibility index (Phi) is 8.68. The normalized spacial score (nSPS) is 15.5. The number of aliphatic hydroxyl groups excluding tert-OH is 1. The van der Waals surface area contributed by atoms with Gasteiger partial charge in [0.15, 0.2) is 0 Å². The molecule has 3 aromatic carbocycles. The Balaban J connectivity index is 1.25. The van der Waals surface area contributed by atoms with E-state index in [4.69, 9.17) is 27.9 Å². The molecule has 4 rings (SSSR count). The van der Waals surface area contributed by atoms with Crippen LogP contribution in [-0.4, -0.2) is 55.4 Å². The Morgan fingerprint density at radius 1 is 0.971 bits per heavy atom. The first-order chi connectivity index (χ1) is 17.0. The van der Waals surface area contributed by atoms with Gasteiger partial charge in [0.1, 0.15) is 18.5 Å². The second-order valence-electron chi connectivity index (χ2n) is 8.46. The molecule has 7 heteroatoms. The fourth-order valence-electron chi connectivity index (χ4n) is 4.04. The molecule has 35 heavy (non-hydrogen) atoms. The van der Waals surface area contributed by atoms with Gasteiger partial charge in [-0.15, -0.1) is 0 Å². The van der Waals surface area contributed by atoms with E-state index in [1.54, 1.807) is 24.3 Å². The molecular weight excluding hydrogens is 481 g/mol. The molecule has 0 radical (unpaired) electrons. The Morgan fingerprint density at radius 2 is 1.69 bits per heavy atom. The predicted molar refractivity (Wildman–Crippen MR) is 143 cm³/mol. The van der Waals surface area contributed by atoms with Crippen LogP contribution in [0, 0.1) is 11.3 Å². The van der Waals surface area contributed by atoms with E-state index in [0.717, 1.165) is 31.7 Å². The topological polar surface area (TPSA) is 59.7 Å². The molecule has 1 saturated heterocycles. The molecule has 0 saturated carbocycles. The number of ether oxygens (including phenoxy) is 1. The summed E-state index contributed by atoms with van der Waals surface area (Å²) in [5.41, 5.74) is 3.29. The summed E-state index contributed by atoms with van der Waals surface area (Å²) in [5, 5.41) is 20.9. The lowest BCUT2D eigenvalue weighted by atomic mass is 10.0. The number of nitriles is 1. The highest BCUT2D eigenvalue weighted by atomic mass is 35.5. The van der Waals surface area contributed by atoms with Crippen LogP contribution in [0.2, 0.25) is 10.0 Å². The van der Waals surface area contributed by atoms with E-state index in [9.17, 15) is 10.4 Å². The molecule has 0 spiro atoms. The van der Waals surface area contributed by atoms with Gasteiger partial charge in [0.05, 0.1) is 21.7 Å². The lowest BCUT2D eigenvalue weighted by Crippen LogP contribution is -2.49. The third-order valence-electron chi connectivity index (χ3n) is 5.95. The molecule has 1 heterocycles. The minimum absolute atomic E-state index is 0.223. The smallest absolute Gasteiger partial charge is 0.119 e. The quantitative estimate of drug-likeness (QED) is 0.316. The van der Waals surface area contributed by atoms with Crippen LogP contribution in [-0.2, 0) is 0 Å². The number of anilines is 1. The van der Waals surface area contributed by atoms with E-state index in [1.807, 2.05) is 30.3 Å². The Hall–Kier alpha value is -3.01. The van der Waals surface area contributed by atoms with Crippen molar-refractivity contribution in [3.05, 3.63) is 94.0 Å². The second kappa shape index (κ2) is 12.1. The van der Waals surface area contributed by atoms with Gasteiger partial charge in [-0.25, -0.2) is 0 Å². The number of hydrogen-bond acceptors (Lipinski definition) is 5. The minimum atomic E-state index is -0.572. The number of allylic oxidation sites excluding steroid dienone is 1. The summed E-state index contributed by atoms with van der Waals surface area (Å²) in [6, 6.07) is 25.2. The number of benzene rings is 3. The van der Waals surface area contributed by atoms with Crippen molar-refractivity contribution in [3.63, 3.8) is 0 Å². The van der Waals surface area contributed by atoms with Crippen LogP contribution in [0.25, 0.3) is 11.6 Å². The Morgan fingerprint density at radius 3 is 2.34 bits per heavy atom. The van der Waals surface area contributed by atoms with E-state index in [2.05, 4.69) is 40.1 Å². The van der Waals surface area contributed by atoms with Crippen LogP contribution in [0.3, 0.4) is 0 Å². The molecule has 1 aliphatic heterocycles. The van der Waals surface area contributed by atoms with Crippen LogP contribution in [0.5, 0.6) is 5.75 Å². The van der Waals surface area contributed by atoms with Gasteiger partial charge < -0.3 is 14.7 Å². The molecule has 0 aliphatic carbocycles. The summed E-state index contributed by atoms with van der Waals surface area (Å²) in [6.07, 6.45) is 1.21. The zero-order valence-electron chi connectivity index (χ0n) is 19.3. The molecule has 1 fully saturated rings. The summed E-state index contributed by atoms with van der Waals surface area (Å²) < 4.78 is 5.79. The highest BCUT2D eigenvalue weighted by Gasteiger charge is 2.19. The molecule has 0 aromatic heterocycles. The molecule has 1 aliphatic rings. The van der Waals surface area contributed by atoms with Crippen molar-refractivity contribution in [2.75, 3.05) is 44.2 Å². The van der Waals surface area contributed by atoms with Crippen molar-refractivity contribution in [1.29, 1.82) is 5.26 Å². The number of hydrogen-bond donors (Lipinski definition) is 1. The average Bonchev–Trinajstić information content (AvgIpc) is 2.89. The third-order valence-corrected chi connectivity index (χ3v) is 6.69. The Bertz CT molecular complexity index is 1190. The van der Waals surface area contributed by atoms with Crippen LogP contribution in [0.1, 0.15) is 11.1 Å². The fraction of sp³-hybridized carbons (Fsp3) is 0.250. The average molecular weight is 508 g/mol. The van der Waals surface area contributed by atoms with Crippen LogP contribution < -0.4 is 9.64 Å². The van der Waals surface area contributed by atoms with Gasteiger partial charge in [-0.05, 0) is 53.6 Å². The number of piperazine rings is 1. The van der Waals surface area contributed by atoms with Crippen molar-refractivity contribution in [1.82, 2.24) is 4.90 Å². The third kappa shape index (κ3) is 7.00. The van der Waals surface area contributed by atoms with Gasteiger partial charge in [0.25, 0.3) is 0 Å². The standard InChI is InChI=1S/C28H27Cl2N3O2/c29-27-11-8-22(17-28(27)30)23(18-31)16-21-6-9-26(10-7-21)35-20-25(34)19-32-12-14-33(15-13-32)24-4-2-1-3-5-24/h1-11,16-17,25,34H,12-15,19-20H2/b23-16+. The van der Waals surface area contributed by atoms with Gasteiger partial charge in [-0.3, -0.25) is 4.90 Å². The molecule has 5 nitrogen and oxygen atoms in total. The maximum Gasteiger partial charge on any atom is 0.119 e. The summed E-state index contributed by atoms with van der Waals surface area (Å²) in [7, 11) is 0. The largest absolute Gasteiger partial charge is 0.491 e. The predicted octanol–water partition coefficient (Wildman–Crippen LogP) is 5.62. The zero-order valence-corrected chi connectivity index (χ0v) is 20.8. The van der Waals surface area contributed by atoms with E-state index in [1.165, 1.54) is 5.69 Å². The lowest BCUT2D eigenvalue weighted by Gasteiger charge is -2.36. The zero-order chi connectivity index (χ0) is 24.6. The molecule has 3 aromatic rings. The van der Waals surface area contributed by atoms with Crippen molar-refractivity contribution >= 4 is 40.5 Å². The van der Waals surface area contributed by atoms with Crippen LogP contribution in [0.15, 0.2) is 72.8 Å². The number of aliphatic hydroxyl groups is 1. The van der Waals surface area contributed by atoms with Crippen molar-refractivity contribution in [2.24, 2.45) is 0 Å². The summed E-state index contributed by atoms with van der Waals surface area (Å²) in [5.74, 6) is 0.670. The van der Waals surface area contributed by atoms with Gasteiger partial charge in [0.2, 0.25) is 0 Å². The Labute approximate surface area is 216 Å². The highest BCUT2D eigenvalue weighted by molar-refractivity contribution is 6.42. The molecule has 1 N–H and O–H groups in total. The first-order valence-electron chi connectivity index (χ1n) is 11.5. The van der Waals surface area contributed by atoms with Crippen LogP contribution >= 0.6 is 23.2 Å². The lowest BCUT2D eigenvalue weighted by molar-refractivity contribution is 0.0663. The molecule has 180 valence electrons. The van der Waals surface area contributed by atoms with E-state index < -0.39 is 6.10 Å². The summed E-state index contributed by atoms with van der Waals surface area (Å²) in [6.45, 7) is 4.51. The molecule has 1 atom stereocenters. The van der Waals surface area contributed by atoms with E-state index >= 15 is 0 Å². The molecule has 1 unspecified atom stereocenters. The van der Waals surface area contributed by atoms with Crippen molar-refractivity contribution in [2.45, 2.75) is 6.10 Å². The van der Waals surface area contributed by atoms with Crippen molar-refractivity contribution in [3.8, 4) is 11.8 Å². The number of nitrogens with zero attached hydrogens (tertiary/aromatic N) is 3. The van der Waals surface area contributed by atoms with Crippen molar-refractivity contribution < 1.29 is 9.84 Å². The second-order valence-corrected chi connectivity index (χ2v) is 9.27. The van der Waals surface area contributed by atoms with Gasteiger partial charge >= 0.3 is 0 Å². The summed E-state index contributed by atoms with van der Waals surface area (Å²) >= 11 is 12.1. The van der Waals surface area contributed by atoms with E-state index in [-0.39, 0.29) is 6.61 Å². The molecule has 0 bridgehead atoms. The summed E-state index contributed by atoms with van der Waals surface area (Å²) in [4.78, 5) is 4.64. The number of halogens is 2. The SMILES string of the molecule is N#C/C(=C\c1ccc(OCC(O)CN2CCN(c3ccccc3)CC2)cc1)c1ccc(Cl)c(Cl)c1. The first kappa shape index (κ1) is 25.1. The minimum Gasteiger partial charge on any atom is -0.491 e. The monoisotopic (exact) mass is 507 g/mol.